The molecule has 0 N–H and O–H groups in total. The second-order valence-electron chi connectivity index (χ2n) is 9.66. The zero-order chi connectivity index (χ0) is 14.9. The second-order valence-corrected chi connectivity index (χ2v) is 9.66. The fraction of sp³-hybridized carbons (Fsp3) is 1.00. The third-order valence-corrected chi connectivity index (χ3v) is 8.21. The highest BCUT2D eigenvalue weighted by Crippen LogP contribution is 2.54. The van der Waals surface area contributed by atoms with Gasteiger partial charge in [-0.2, -0.15) is 0 Å². The monoisotopic (exact) mass is 302 g/mol. The van der Waals surface area contributed by atoms with Crippen LogP contribution in [-0.2, 0) is 0 Å². The van der Waals surface area contributed by atoms with Crippen LogP contribution in [0.1, 0.15) is 96.8 Å². The van der Waals surface area contributed by atoms with Gasteiger partial charge >= 0.3 is 0 Å². The largest absolute Gasteiger partial charge is 0.0625 e. The summed E-state index contributed by atoms with van der Waals surface area (Å²) in [6.45, 7) is 2.48. The molecule has 0 heterocycles. The van der Waals surface area contributed by atoms with E-state index in [-0.39, 0.29) is 0 Å². The Hall–Kier alpha value is 0. The quantitative estimate of drug-likeness (QED) is 0.535. The molecule has 0 nitrogen and oxygen atoms in total. The molecule has 22 heavy (non-hydrogen) atoms. The summed E-state index contributed by atoms with van der Waals surface area (Å²) < 4.78 is 0. The smallest absolute Gasteiger partial charge is 0.0352 e. The normalized spacial score (nSPS) is 44.9. The van der Waals surface area contributed by atoms with E-state index >= 15 is 0 Å². The van der Waals surface area contributed by atoms with E-state index in [1.165, 1.54) is 19.3 Å². The zero-order valence-corrected chi connectivity index (χ0v) is 14.9. The van der Waals surface area contributed by atoms with Crippen LogP contribution in [0.4, 0.5) is 0 Å². The summed E-state index contributed by atoms with van der Waals surface area (Å²) in [5.41, 5.74) is 0. The lowest BCUT2D eigenvalue weighted by Gasteiger charge is -2.45. The lowest BCUT2D eigenvalue weighted by Crippen LogP contribution is -2.36. The first kappa shape index (κ1) is 15.5. The minimum absolute atomic E-state index is 1.02. The molecule has 0 aliphatic heterocycles. The summed E-state index contributed by atoms with van der Waals surface area (Å²) in [5, 5.41) is 0. The van der Waals surface area contributed by atoms with Gasteiger partial charge in [0.1, 0.15) is 0 Å². The van der Waals surface area contributed by atoms with Gasteiger partial charge in [-0.05, 0) is 86.4 Å². The highest BCUT2D eigenvalue weighted by atomic mass is 14.5. The van der Waals surface area contributed by atoms with Gasteiger partial charge in [0.15, 0.2) is 0 Å². The third-order valence-electron chi connectivity index (χ3n) is 8.21. The minimum Gasteiger partial charge on any atom is -0.0625 e. The molecule has 0 saturated heterocycles. The van der Waals surface area contributed by atoms with Gasteiger partial charge in [-0.15, -0.1) is 0 Å². The van der Waals surface area contributed by atoms with Crippen LogP contribution in [0.2, 0.25) is 0 Å². The van der Waals surface area contributed by atoms with E-state index in [1.54, 1.807) is 70.6 Å². The van der Waals surface area contributed by atoms with Gasteiger partial charge < -0.3 is 0 Å². The van der Waals surface area contributed by atoms with Gasteiger partial charge in [-0.25, -0.2) is 0 Å². The molecule has 4 aliphatic carbocycles. The summed E-state index contributed by atoms with van der Waals surface area (Å²) in [5.74, 6) is 7.85. The maximum absolute atomic E-state index is 2.48. The van der Waals surface area contributed by atoms with E-state index in [9.17, 15) is 0 Å². The highest BCUT2D eigenvalue weighted by molar-refractivity contribution is 4.95. The Morgan fingerprint density at radius 2 is 1.05 bits per heavy atom. The molecule has 0 aromatic rings. The van der Waals surface area contributed by atoms with Crippen LogP contribution in [0.25, 0.3) is 0 Å². The van der Waals surface area contributed by atoms with Gasteiger partial charge in [0, 0.05) is 0 Å². The maximum Gasteiger partial charge on any atom is -0.0352 e. The van der Waals surface area contributed by atoms with Crippen molar-refractivity contribution in [1.82, 2.24) is 0 Å². The average Bonchev–Trinajstić information content (AvgIpc) is 3.41. The van der Waals surface area contributed by atoms with Crippen molar-refractivity contribution in [3.63, 3.8) is 0 Å². The predicted octanol–water partition coefficient (Wildman–Crippen LogP) is 6.84. The Morgan fingerprint density at radius 1 is 0.455 bits per heavy atom. The first-order valence-corrected chi connectivity index (χ1v) is 10.8. The van der Waals surface area contributed by atoms with Crippen LogP contribution in [0.15, 0.2) is 0 Å². The highest BCUT2D eigenvalue weighted by Gasteiger charge is 2.44. The lowest BCUT2D eigenvalue weighted by atomic mass is 9.60. The maximum atomic E-state index is 2.48. The van der Waals surface area contributed by atoms with Crippen LogP contribution in [-0.4, -0.2) is 0 Å². The lowest BCUT2D eigenvalue weighted by molar-refractivity contribution is 0.0503. The molecule has 3 atom stereocenters. The minimum atomic E-state index is 1.02. The Kier molecular flexibility index (Phi) is 4.84. The van der Waals surface area contributed by atoms with Crippen LogP contribution >= 0.6 is 0 Å². The van der Waals surface area contributed by atoms with E-state index in [2.05, 4.69) is 6.92 Å². The van der Waals surface area contributed by atoms with Gasteiger partial charge in [0.2, 0.25) is 0 Å². The Balaban J connectivity index is 1.39. The predicted molar refractivity (Wildman–Crippen MR) is 94.7 cm³/mol. The molecular weight excluding hydrogens is 264 g/mol. The summed E-state index contributed by atoms with van der Waals surface area (Å²) >= 11 is 0. The van der Waals surface area contributed by atoms with Crippen LogP contribution < -0.4 is 0 Å². The number of rotatable bonds is 3. The number of hydrogen-bond acceptors (Lipinski definition) is 0. The van der Waals surface area contributed by atoms with Crippen molar-refractivity contribution in [2.45, 2.75) is 96.8 Å². The molecular formula is C22H38. The van der Waals surface area contributed by atoms with Crippen molar-refractivity contribution >= 4 is 0 Å². The molecule has 4 rings (SSSR count). The fourth-order valence-corrected chi connectivity index (χ4v) is 6.66. The summed E-state index contributed by atoms with van der Waals surface area (Å²) in [6.07, 6.45) is 22.0. The first-order valence-electron chi connectivity index (χ1n) is 10.8. The Morgan fingerprint density at radius 3 is 1.73 bits per heavy atom. The van der Waals surface area contributed by atoms with Crippen LogP contribution in [0, 0.1) is 41.4 Å². The summed E-state index contributed by atoms with van der Waals surface area (Å²) in [7, 11) is 0. The molecule has 0 aromatic heterocycles. The van der Waals surface area contributed by atoms with Crippen molar-refractivity contribution < 1.29 is 0 Å². The van der Waals surface area contributed by atoms with Crippen molar-refractivity contribution in [2.75, 3.05) is 0 Å². The van der Waals surface area contributed by atoms with Crippen molar-refractivity contribution in [2.24, 2.45) is 41.4 Å². The molecule has 0 heteroatoms. The number of hydrogen-bond donors (Lipinski definition) is 0. The van der Waals surface area contributed by atoms with Gasteiger partial charge in [0.25, 0.3) is 0 Å². The van der Waals surface area contributed by atoms with Gasteiger partial charge in [-0.3, -0.25) is 0 Å². The van der Waals surface area contributed by atoms with Crippen LogP contribution in [0.3, 0.4) is 0 Å². The summed E-state index contributed by atoms with van der Waals surface area (Å²) in [6, 6.07) is 0. The molecule has 0 spiro atoms. The topological polar surface area (TPSA) is 0 Å². The molecule has 4 aliphatic rings. The van der Waals surface area contributed by atoms with Crippen molar-refractivity contribution in [1.29, 1.82) is 0 Å². The third kappa shape index (κ3) is 3.41. The van der Waals surface area contributed by atoms with E-state index in [4.69, 9.17) is 0 Å². The van der Waals surface area contributed by atoms with Crippen molar-refractivity contribution in [3.05, 3.63) is 0 Å². The Bertz CT molecular complexity index is 341. The van der Waals surface area contributed by atoms with E-state index in [0.29, 0.717) is 0 Å². The average molecular weight is 303 g/mol. The van der Waals surface area contributed by atoms with Crippen molar-refractivity contribution in [3.8, 4) is 0 Å². The SMILES string of the molecule is CC1CCC(C2CCC(C3CCCCC3)CC2C2CC2)CC1. The van der Waals surface area contributed by atoms with E-state index < -0.39 is 0 Å². The van der Waals surface area contributed by atoms with Gasteiger partial charge in [-0.1, -0.05) is 51.9 Å². The molecule has 4 fully saturated rings. The fourth-order valence-electron chi connectivity index (χ4n) is 6.66. The molecule has 126 valence electrons. The van der Waals surface area contributed by atoms with E-state index in [0.717, 1.165) is 41.4 Å². The molecule has 4 saturated carbocycles. The van der Waals surface area contributed by atoms with E-state index in [1.807, 2.05) is 0 Å². The molecule has 0 radical (unpaired) electrons. The molecule has 3 unspecified atom stereocenters. The molecule has 0 bridgehead atoms. The molecule has 0 amide bonds. The summed E-state index contributed by atoms with van der Waals surface area (Å²) in [4.78, 5) is 0. The zero-order valence-electron chi connectivity index (χ0n) is 14.9. The Labute approximate surface area is 138 Å². The molecule has 0 aromatic carbocycles. The van der Waals surface area contributed by atoms with Gasteiger partial charge in [0.05, 0.1) is 0 Å². The first-order chi connectivity index (χ1) is 10.8. The standard InChI is InChI=1S/C22H38/c1-16-7-9-18(10-8-16)21-14-13-20(15-22(21)19-11-12-19)17-5-3-2-4-6-17/h16-22H,2-15H2,1H3. The van der Waals surface area contributed by atoms with Crippen LogP contribution in [0.5, 0.6) is 0 Å². The second kappa shape index (κ2) is 6.86.